The maximum Gasteiger partial charge on any atom is 0.416 e. The third-order valence-corrected chi connectivity index (χ3v) is 1.99. The number of rotatable bonds is 1. The van der Waals surface area contributed by atoms with Crippen molar-refractivity contribution in [1.82, 2.24) is 0 Å². The van der Waals surface area contributed by atoms with Crippen LogP contribution in [0.3, 0.4) is 0 Å². The van der Waals surface area contributed by atoms with Crippen molar-refractivity contribution in [3.63, 3.8) is 0 Å². The molecule has 4 heteroatoms. The molecule has 1 aromatic rings. The van der Waals surface area contributed by atoms with Gasteiger partial charge in [0.2, 0.25) is 0 Å². The molecule has 1 aromatic carbocycles. The number of hydrogen-bond acceptors (Lipinski definition) is 0. The highest BCUT2D eigenvalue weighted by Crippen LogP contribution is 2.33. The molecule has 0 fully saturated rings. The molecule has 0 atom stereocenters. The van der Waals surface area contributed by atoms with Gasteiger partial charge in [-0.05, 0) is 24.1 Å². The van der Waals surface area contributed by atoms with E-state index >= 15 is 0 Å². The average Bonchev–Trinajstić information content (AvgIpc) is 2.03. The van der Waals surface area contributed by atoms with Gasteiger partial charge in [0.1, 0.15) is 0 Å². The summed E-state index contributed by atoms with van der Waals surface area (Å²) < 4.78 is 37.1. The van der Waals surface area contributed by atoms with Crippen LogP contribution in [0.15, 0.2) is 18.2 Å². The Hall–Kier alpha value is -0.700. The van der Waals surface area contributed by atoms with Crippen LogP contribution in [0.2, 0.25) is 5.02 Å². The normalized spacial score (nSPS) is 11.8. The average molecular weight is 209 g/mol. The molecule has 0 N–H and O–H groups in total. The fraction of sp³-hybridized carbons (Fsp3) is 0.333. The van der Waals surface area contributed by atoms with Crippen molar-refractivity contribution in [3.8, 4) is 0 Å². The fourth-order valence-corrected chi connectivity index (χ4v) is 1.29. The van der Waals surface area contributed by atoms with Crippen molar-refractivity contribution >= 4 is 11.6 Å². The van der Waals surface area contributed by atoms with Gasteiger partial charge in [-0.1, -0.05) is 24.6 Å². The van der Waals surface area contributed by atoms with Crippen molar-refractivity contribution in [2.45, 2.75) is 19.5 Å². The minimum Gasteiger partial charge on any atom is -0.166 e. The Bertz CT molecular complexity index is 304. The molecular weight excluding hydrogens is 201 g/mol. The van der Waals surface area contributed by atoms with Gasteiger partial charge in [0.05, 0.1) is 5.56 Å². The van der Waals surface area contributed by atoms with Crippen LogP contribution < -0.4 is 0 Å². The second-order valence-electron chi connectivity index (χ2n) is 2.65. The van der Waals surface area contributed by atoms with E-state index in [0.29, 0.717) is 6.42 Å². The van der Waals surface area contributed by atoms with Crippen molar-refractivity contribution in [1.29, 1.82) is 0 Å². The summed E-state index contributed by atoms with van der Waals surface area (Å²) in [5, 5.41) is 0.115. The lowest BCUT2D eigenvalue weighted by Crippen LogP contribution is -2.08. The molecule has 0 heterocycles. The second-order valence-corrected chi connectivity index (χ2v) is 3.09. The molecule has 0 spiro atoms. The minimum absolute atomic E-state index is 0.115. The highest BCUT2D eigenvalue weighted by Gasteiger charge is 2.32. The van der Waals surface area contributed by atoms with Gasteiger partial charge >= 0.3 is 6.18 Å². The molecule has 0 aliphatic carbocycles. The third kappa shape index (κ3) is 2.37. The molecule has 0 amide bonds. The first kappa shape index (κ1) is 10.4. The molecule has 72 valence electrons. The van der Waals surface area contributed by atoms with E-state index in [4.69, 9.17) is 11.6 Å². The van der Waals surface area contributed by atoms with Crippen molar-refractivity contribution in [2.24, 2.45) is 0 Å². The summed E-state index contributed by atoms with van der Waals surface area (Å²) in [6.07, 6.45) is -3.96. The van der Waals surface area contributed by atoms with Crippen LogP contribution in [-0.4, -0.2) is 0 Å². The topological polar surface area (TPSA) is 0 Å². The minimum atomic E-state index is -4.31. The number of hydrogen-bond donors (Lipinski definition) is 0. The molecule has 0 saturated carbocycles. The van der Waals surface area contributed by atoms with Crippen LogP contribution in [0, 0.1) is 0 Å². The highest BCUT2D eigenvalue weighted by molar-refractivity contribution is 6.30. The monoisotopic (exact) mass is 208 g/mol. The van der Waals surface area contributed by atoms with Gasteiger partial charge in [0.15, 0.2) is 0 Å². The molecule has 0 radical (unpaired) electrons. The fourth-order valence-electron chi connectivity index (χ4n) is 1.12. The van der Waals surface area contributed by atoms with E-state index in [0.717, 1.165) is 6.07 Å². The lowest BCUT2D eigenvalue weighted by Gasteiger charge is -2.11. The second kappa shape index (κ2) is 3.58. The van der Waals surface area contributed by atoms with E-state index < -0.39 is 11.7 Å². The standard InChI is InChI=1S/C9H8ClF3/c1-2-6-3-4-7(10)5-8(6)9(11,12)13/h3-5H,2H2,1H3. The van der Waals surface area contributed by atoms with E-state index in [1.807, 2.05) is 0 Å². The summed E-state index contributed by atoms with van der Waals surface area (Å²) >= 11 is 5.48. The quantitative estimate of drug-likeness (QED) is 0.656. The molecule has 0 aliphatic rings. The lowest BCUT2D eigenvalue weighted by atomic mass is 10.1. The molecule has 0 aromatic heterocycles. The van der Waals surface area contributed by atoms with Gasteiger partial charge in [-0.3, -0.25) is 0 Å². The van der Waals surface area contributed by atoms with Gasteiger partial charge in [-0.2, -0.15) is 13.2 Å². The molecule has 0 nitrogen and oxygen atoms in total. The number of halogens is 4. The zero-order chi connectivity index (χ0) is 10.1. The van der Waals surface area contributed by atoms with Crippen molar-refractivity contribution < 1.29 is 13.2 Å². The van der Waals surface area contributed by atoms with Gasteiger partial charge in [0.25, 0.3) is 0 Å². The first-order valence-electron chi connectivity index (χ1n) is 3.80. The summed E-state index contributed by atoms with van der Waals surface area (Å²) in [4.78, 5) is 0. The molecule has 13 heavy (non-hydrogen) atoms. The maximum atomic E-state index is 12.4. The predicted molar refractivity (Wildman–Crippen MR) is 45.8 cm³/mol. The van der Waals surface area contributed by atoms with Gasteiger partial charge < -0.3 is 0 Å². The number of aryl methyl sites for hydroxylation is 1. The van der Waals surface area contributed by atoms with E-state index in [2.05, 4.69) is 0 Å². The molecular formula is C9H8ClF3. The molecule has 0 unspecified atom stereocenters. The summed E-state index contributed by atoms with van der Waals surface area (Å²) in [7, 11) is 0. The Morgan fingerprint density at radius 3 is 2.38 bits per heavy atom. The van der Waals surface area contributed by atoms with Crippen molar-refractivity contribution in [3.05, 3.63) is 34.3 Å². The van der Waals surface area contributed by atoms with E-state index in [9.17, 15) is 13.2 Å². The van der Waals surface area contributed by atoms with Crippen LogP contribution in [0.25, 0.3) is 0 Å². The zero-order valence-corrected chi connectivity index (χ0v) is 7.71. The predicted octanol–water partition coefficient (Wildman–Crippen LogP) is 3.92. The summed E-state index contributed by atoms with van der Waals surface area (Å²) in [6, 6.07) is 3.83. The first-order valence-corrected chi connectivity index (χ1v) is 4.18. The van der Waals surface area contributed by atoms with E-state index in [-0.39, 0.29) is 10.6 Å². The van der Waals surface area contributed by atoms with Crippen LogP contribution in [0.1, 0.15) is 18.1 Å². The summed E-state index contributed by atoms with van der Waals surface area (Å²) in [6.45, 7) is 1.68. The highest BCUT2D eigenvalue weighted by atomic mass is 35.5. The Labute approximate surface area is 79.3 Å². The zero-order valence-electron chi connectivity index (χ0n) is 6.95. The lowest BCUT2D eigenvalue weighted by molar-refractivity contribution is -0.138. The van der Waals surface area contributed by atoms with Crippen LogP contribution in [0.4, 0.5) is 13.2 Å². The van der Waals surface area contributed by atoms with Gasteiger partial charge in [-0.15, -0.1) is 0 Å². The summed E-state index contributed by atoms with van der Waals surface area (Å²) in [5.74, 6) is 0. The SMILES string of the molecule is CCc1ccc(Cl)cc1C(F)(F)F. The molecule has 1 rings (SSSR count). The Balaban J connectivity index is 3.24. The molecule has 0 bridgehead atoms. The Morgan fingerprint density at radius 1 is 1.31 bits per heavy atom. The number of benzene rings is 1. The summed E-state index contributed by atoms with van der Waals surface area (Å²) in [5.41, 5.74) is -0.362. The third-order valence-electron chi connectivity index (χ3n) is 1.76. The largest absolute Gasteiger partial charge is 0.416 e. The number of alkyl halides is 3. The molecule has 0 saturated heterocycles. The van der Waals surface area contributed by atoms with Gasteiger partial charge in [0, 0.05) is 5.02 Å². The molecule has 0 aliphatic heterocycles. The van der Waals surface area contributed by atoms with Crippen molar-refractivity contribution in [2.75, 3.05) is 0 Å². The Morgan fingerprint density at radius 2 is 1.92 bits per heavy atom. The van der Waals surface area contributed by atoms with Crippen LogP contribution >= 0.6 is 11.6 Å². The van der Waals surface area contributed by atoms with E-state index in [1.54, 1.807) is 6.92 Å². The van der Waals surface area contributed by atoms with Gasteiger partial charge in [-0.25, -0.2) is 0 Å². The smallest absolute Gasteiger partial charge is 0.166 e. The van der Waals surface area contributed by atoms with Crippen LogP contribution in [-0.2, 0) is 12.6 Å². The Kier molecular flexibility index (Phi) is 2.86. The van der Waals surface area contributed by atoms with E-state index in [1.165, 1.54) is 12.1 Å². The first-order chi connectivity index (χ1) is 5.95. The van der Waals surface area contributed by atoms with Crippen LogP contribution in [0.5, 0.6) is 0 Å². The maximum absolute atomic E-state index is 12.4.